The molecule has 13 nitrogen and oxygen atoms in total. The fourth-order valence-corrected chi connectivity index (χ4v) is 4.53. The zero-order valence-electron chi connectivity index (χ0n) is 19.3. The van der Waals surface area contributed by atoms with Crippen molar-refractivity contribution < 1.29 is 9.90 Å². The molecule has 0 unspecified atom stereocenters. The van der Waals surface area contributed by atoms with E-state index in [1.165, 1.54) is 30.1 Å². The van der Waals surface area contributed by atoms with E-state index >= 15 is 0 Å². The van der Waals surface area contributed by atoms with Crippen molar-refractivity contribution in [2.75, 3.05) is 13.1 Å². The number of aliphatic hydroxyl groups excluding tert-OH is 1. The van der Waals surface area contributed by atoms with Gasteiger partial charge >= 0.3 is 5.69 Å². The molecular formula is C23H22N8O5. The highest BCUT2D eigenvalue weighted by Crippen LogP contribution is 2.28. The zero-order valence-corrected chi connectivity index (χ0v) is 19.3. The number of carbonyl (C=O) groups excluding carboxylic acids is 1. The van der Waals surface area contributed by atoms with E-state index in [1.54, 1.807) is 17.0 Å². The van der Waals surface area contributed by atoms with Crippen LogP contribution in [0.4, 0.5) is 0 Å². The number of amides is 1. The third kappa shape index (κ3) is 4.13. The van der Waals surface area contributed by atoms with Crippen molar-refractivity contribution in [2.45, 2.75) is 38.5 Å². The smallest absolute Gasteiger partial charge is 0.329 e. The minimum Gasteiger partial charge on any atom is -0.384 e. The van der Waals surface area contributed by atoms with Gasteiger partial charge in [-0.25, -0.2) is 19.7 Å². The van der Waals surface area contributed by atoms with Gasteiger partial charge in [0.25, 0.3) is 11.5 Å². The third-order valence-corrected chi connectivity index (χ3v) is 6.32. The van der Waals surface area contributed by atoms with Gasteiger partial charge in [-0.3, -0.25) is 24.1 Å². The largest absolute Gasteiger partial charge is 0.384 e. The van der Waals surface area contributed by atoms with Crippen LogP contribution in [0.15, 0.2) is 45.5 Å². The van der Waals surface area contributed by atoms with Crippen molar-refractivity contribution in [3.63, 3.8) is 0 Å². The number of pyridine rings is 2. The summed E-state index contributed by atoms with van der Waals surface area (Å²) >= 11 is 0. The number of carbonyl (C=O) groups is 1. The van der Waals surface area contributed by atoms with Crippen LogP contribution in [0.25, 0.3) is 33.2 Å². The quantitative estimate of drug-likeness (QED) is 0.304. The van der Waals surface area contributed by atoms with E-state index in [0.29, 0.717) is 53.7 Å². The number of nitroso groups, excluding NO2 is 1. The lowest BCUT2D eigenvalue weighted by Crippen LogP contribution is -2.45. The Labute approximate surface area is 202 Å². The normalized spacial score (nSPS) is 15.3. The molecule has 36 heavy (non-hydrogen) atoms. The van der Waals surface area contributed by atoms with Gasteiger partial charge in [-0.05, 0) is 31.9 Å². The Hall–Kier alpha value is -4.39. The van der Waals surface area contributed by atoms with Gasteiger partial charge in [0.15, 0.2) is 5.82 Å². The highest BCUT2D eigenvalue weighted by atomic mass is 16.3. The molecule has 4 aromatic heterocycles. The van der Waals surface area contributed by atoms with E-state index in [4.69, 9.17) is 4.98 Å². The number of nitrogens with one attached hydrogen (secondary N) is 1. The summed E-state index contributed by atoms with van der Waals surface area (Å²) in [5.74, 6) is -0.0762. The summed E-state index contributed by atoms with van der Waals surface area (Å²) in [5, 5.41) is 12.6. The summed E-state index contributed by atoms with van der Waals surface area (Å²) in [5.41, 5.74) is 1.17. The summed E-state index contributed by atoms with van der Waals surface area (Å²) in [6.45, 7) is 2.01. The van der Waals surface area contributed by atoms with E-state index in [1.807, 2.05) is 0 Å². The molecular weight excluding hydrogens is 468 g/mol. The lowest BCUT2D eigenvalue weighted by atomic mass is 10.0. The van der Waals surface area contributed by atoms with E-state index < -0.39 is 17.4 Å². The van der Waals surface area contributed by atoms with Crippen LogP contribution in [-0.2, 0) is 11.3 Å². The number of rotatable bonds is 5. The molecule has 0 bridgehead atoms. The van der Waals surface area contributed by atoms with Crippen LogP contribution >= 0.6 is 0 Å². The van der Waals surface area contributed by atoms with Gasteiger partial charge in [-0.2, -0.15) is 4.91 Å². The first-order chi connectivity index (χ1) is 17.4. The summed E-state index contributed by atoms with van der Waals surface area (Å²) in [4.78, 5) is 69.6. The number of fused-ring (bicyclic) bond motifs is 3. The maximum atomic E-state index is 13.1. The number of hydrogen-bond acceptors (Lipinski definition) is 10. The minimum absolute atomic E-state index is 0.142. The Morgan fingerprint density at radius 3 is 2.56 bits per heavy atom. The number of aromatic nitrogens is 6. The molecule has 1 fully saturated rings. The van der Waals surface area contributed by atoms with Crippen LogP contribution < -0.4 is 11.2 Å². The van der Waals surface area contributed by atoms with Gasteiger partial charge in [0.2, 0.25) is 0 Å². The lowest BCUT2D eigenvalue weighted by Gasteiger charge is -2.34. The second kappa shape index (κ2) is 9.34. The van der Waals surface area contributed by atoms with Gasteiger partial charge in [-0.15, -0.1) is 0 Å². The molecule has 5 heterocycles. The highest BCUT2D eigenvalue weighted by Gasteiger charge is 2.28. The molecule has 1 saturated heterocycles. The lowest BCUT2D eigenvalue weighted by molar-refractivity contribution is -0.140. The van der Waals surface area contributed by atoms with Crippen LogP contribution in [0.5, 0.6) is 0 Å². The standard InChI is InChI=1S/C23H22N8O5/c1-12(32)22(34)30-6-4-14(5-7-30)31-20-15(21(33)29-23(31)35)10-24-17-3-2-16(28-19(17)20)13-8-25-18(11-27-36)26-9-13/h2-3,8-10,12,14,32H,4-7,11H2,1H3,(H,29,33,35)/t12-/m0/s1. The maximum absolute atomic E-state index is 13.1. The molecule has 1 amide bonds. The van der Waals surface area contributed by atoms with E-state index in [2.05, 4.69) is 25.1 Å². The molecule has 0 saturated carbocycles. The van der Waals surface area contributed by atoms with Crippen molar-refractivity contribution in [1.82, 2.24) is 34.4 Å². The first-order valence-electron chi connectivity index (χ1n) is 11.4. The highest BCUT2D eigenvalue weighted by molar-refractivity contribution is 6.01. The number of likely N-dealkylation sites (tertiary alicyclic amines) is 1. The Morgan fingerprint density at radius 2 is 1.89 bits per heavy atom. The summed E-state index contributed by atoms with van der Waals surface area (Å²) < 4.78 is 1.52. The number of hydrogen-bond donors (Lipinski definition) is 2. The van der Waals surface area contributed by atoms with Crippen LogP contribution in [0.3, 0.4) is 0 Å². The molecule has 1 atom stereocenters. The van der Waals surface area contributed by atoms with Gasteiger partial charge < -0.3 is 10.0 Å². The Kier molecular flexibility index (Phi) is 6.06. The molecule has 0 aliphatic carbocycles. The second-order valence-electron chi connectivity index (χ2n) is 8.62. The van der Waals surface area contributed by atoms with E-state index in [9.17, 15) is 24.4 Å². The Balaban J connectivity index is 1.63. The predicted octanol–water partition coefficient (Wildman–Crippen LogP) is 0.901. The topological polar surface area (TPSA) is 176 Å². The minimum atomic E-state index is -1.09. The predicted molar refractivity (Wildman–Crippen MR) is 129 cm³/mol. The average molecular weight is 490 g/mol. The number of aromatic amines is 1. The van der Waals surface area contributed by atoms with Gasteiger partial charge in [0.05, 0.1) is 22.1 Å². The molecule has 4 aromatic rings. The van der Waals surface area contributed by atoms with Crippen LogP contribution in [0.2, 0.25) is 0 Å². The maximum Gasteiger partial charge on any atom is 0.329 e. The molecule has 5 rings (SSSR count). The number of H-pyrrole nitrogens is 1. The molecule has 1 aliphatic rings. The fourth-order valence-electron chi connectivity index (χ4n) is 4.53. The van der Waals surface area contributed by atoms with Crippen LogP contribution in [0, 0.1) is 4.91 Å². The summed E-state index contributed by atoms with van der Waals surface area (Å²) in [7, 11) is 0. The zero-order chi connectivity index (χ0) is 25.4. The van der Waals surface area contributed by atoms with Crippen molar-refractivity contribution in [3.8, 4) is 11.3 Å². The Bertz CT molecular complexity index is 1590. The number of nitrogens with zero attached hydrogens (tertiary/aromatic N) is 7. The number of aliphatic hydroxyl groups is 1. The van der Waals surface area contributed by atoms with Gasteiger partial charge in [0.1, 0.15) is 18.2 Å². The van der Waals surface area contributed by atoms with Crippen molar-refractivity contribution in [2.24, 2.45) is 5.18 Å². The molecule has 13 heteroatoms. The molecule has 184 valence electrons. The summed E-state index contributed by atoms with van der Waals surface area (Å²) in [6, 6.07) is 3.16. The molecule has 2 N–H and O–H groups in total. The number of piperidine rings is 1. The van der Waals surface area contributed by atoms with Crippen LogP contribution in [-0.4, -0.2) is 64.6 Å². The van der Waals surface area contributed by atoms with E-state index in [0.717, 1.165) is 0 Å². The fraction of sp³-hybridized carbons (Fsp3) is 0.348. The second-order valence-corrected chi connectivity index (χ2v) is 8.62. The van der Waals surface area contributed by atoms with E-state index in [-0.39, 0.29) is 29.7 Å². The summed E-state index contributed by atoms with van der Waals surface area (Å²) in [6.07, 6.45) is 4.30. The van der Waals surface area contributed by atoms with Gasteiger partial charge in [-0.1, -0.05) is 5.18 Å². The Morgan fingerprint density at radius 1 is 1.17 bits per heavy atom. The SMILES string of the molecule is C[C@H](O)C(=O)N1CCC(n2c(=O)[nH]c(=O)c3cnc4ccc(-c5cnc(CN=O)nc5)nc4c32)CC1. The van der Waals surface area contributed by atoms with Crippen molar-refractivity contribution >= 4 is 27.8 Å². The first-order valence-corrected chi connectivity index (χ1v) is 11.4. The van der Waals surface area contributed by atoms with Crippen molar-refractivity contribution in [3.05, 3.63) is 62.3 Å². The van der Waals surface area contributed by atoms with Gasteiger partial charge in [0, 0.05) is 43.3 Å². The molecule has 1 aliphatic heterocycles. The molecule has 0 spiro atoms. The van der Waals surface area contributed by atoms with Crippen LogP contribution in [0.1, 0.15) is 31.6 Å². The first kappa shape index (κ1) is 23.4. The molecule has 0 radical (unpaired) electrons. The monoisotopic (exact) mass is 490 g/mol. The molecule has 0 aromatic carbocycles. The average Bonchev–Trinajstić information content (AvgIpc) is 2.89. The third-order valence-electron chi connectivity index (χ3n) is 6.32. The van der Waals surface area contributed by atoms with Crippen molar-refractivity contribution in [1.29, 1.82) is 0 Å².